The van der Waals surface area contributed by atoms with E-state index in [1.807, 2.05) is 0 Å². The van der Waals surface area contributed by atoms with Crippen molar-refractivity contribution in [1.82, 2.24) is 4.98 Å². The normalized spacial score (nSPS) is 8.62. The molecule has 0 aliphatic heterocycles. The van der Waals surface area contributed by atoms with Gasteiger partial charge in [0.2, 0.25) is 0 Å². The number of carboxylic acids is 2. The molecular weight excluding hydrogens is 227 g/mol. The van der Waals surface area contributed by atoms with Crippen LogP contribution in [0, 0.1) is 0 Å². The quantitative estimate of drug-likeness (QED) is 0.538. The van der Waals surface area contributed by atoms with Gasteiger partial charge in [-0.3, -0.25) is 4.98 Å². The molecule has 0 unspecified atom stereocenters. The molecule has 0 amide bonds. The molecular formula is C7H3NO4Zn. The molecule has 0 bridgehead atoms. The third kappa shape index (κ3) is 2.91. The van der Waals surface area contributed by atoms with Crippen molar-refractivity contribution in [2.45, 2.75) is 0 Å². The number of carbonyl (C=O) groups excluding carboxylic acids is 2. The smallest absolute Gasteiger partial charge is 0.545 e. The second-order valence-corrected chi connectivity index (χ2v) is 2.01. The molecule has 0 N–H and O–H groups in total. The van der Waals surface area contributed by atoms with Gasteiger partial charge in [-0.25, -0.2) is 0 Å². The molecule has 0 aliphatic rings. The van der Waals surface area contributed by atoms with Crippen LogP contribution in [0.2, 0.25) is 0 Å². The topological polar surface area (TPSA) is 93.1 Å². The van der Waals surface area contributed by atoms with Crippen LogP contribution in [-0.4, -0.2) is 16.9 Å². The number of aromatic nitrogens is 1. The zero-order valence-corrected chi connectivity index (χ0v) is 9.49. The molecule has 1 rings (SSSR count). The van der Waals surface area contributed by atoms with Crippen LogP contribution in [0.25, 0.3) is 0 Å². The van der Waals surface area contributed by atoms with E-state index in [0.29, 0.717) is 0 Å². The van der Waals surface area contributed by atoms with E-state index in [4.69, 9.17) is 0 Å². The summed E-state index contributed by atoms with van der Waals surface area (Å²) < 4.78 is 0. The molecule has 1 aromatic rings. The predicted octanol–water partition coefficient (Wildman–Crippen LogP) is -2.19. The SMILES string of the molecule is O=C([O-])c1ccc(C(=O)[O-])nc1.[Zn+2]. The van der Waals surface area contributed by atoms with Gasteiger partial charge in [-0.05, 0) is 12.1 Å². The van der Waals surface area contributed by atoms with Gasteiger partial charge in [0.05, 0.1) is 17.6 Å². The molecule has 13 heavy (non-hydrogen) atoms. The molecule has 6 heteroatoms. The number of hydrogen-bond donors (Lipinski definition) is 0. The van der Waals surface area contributed by atoms with Gasteiger partial charge >= 0.3 is 19.5 Å². The fourth-order valence-electron chi connectivity index (χ4n) is 0.635. The minimum atomic E-state index is -1.44. The van der Waals surface area contributed by atoms with Crippen LogP contribution >= 0.6 is 0 Å². The number of aromatic carboxylic acids is 2. The summed E-state index contributed by atoms with van der Waals surface area (Å²) in [6.45, 7) is 0. The first-order valence-corrected chi connectivity index (χ1v) is 3.00. The molecule has 1 aromatic heterocycles. The van der Waals surface area contributed by atoms with E-state index in [1.165, 1.54) is 0 Å². The van der Waals surface area contributed by atoms with Crippen LogP contribution < -0.4 is 10.2 Å². The van der Waals surface area contributed by atoms with Crippen LogP contribution in [0.15, 0.2) is 18.3 Å². The number of carbonyl (C=O) groups is 2. The van der Waals surface area contributed by atoms with Crippen molar-refractivity contribution >= 4 is 11.9 Å². The van der Waals surface area contributed by atoms with Gasteiger partial charge in [-0.2, -0.15) is 0 Å². The molecule has 5 nitrogen and oxygen atoms in total. The van der Waals surface area contributed by atoms with Crippen LogP contribution in [-0.2, 0) is 19.5 Å². The molecule has 0 aliphatic carbocycles. The zero-order chi connectivity index (χ0) is 9.14. The van der Waals surface area contributed by atoms with E-state index in [0.717, 1.165) is 18.3 Å². The summed E-state index contributed by atoms with van der Waals surface area (Å²) in [6, 6.07) is 2.13. The van der Waals surface area contributed by atoms with E-state index in [-0.39, 0.29) is 30.7 Å². The monoisotopic (exact) mass is 229 g/mol. The van der Waals surface area contributed by atoms with Crippen LogP contribution in [0.5, 0.6) is 0 Å². The Kier molecular flexibility index (Phi) is 4.21. The predicted molar refractivity (Wildman–Crippen MR) is 32.9 cm³/mol. The Hall–Kier alpha value is -1.29. The first kappa shape index (κ1) is 11.7. The van der Waals surface area contributed by atoms with Crippen LogP contribution in [0.1, 0.15) is 20.8 Å². The Morgan fingerprint density at radius 2 is 1.77 bits per heavy atom. The second-order valence-electron chi connectivity index (χ2n) is 2.01. The molecule has 0 fully saturated rings. The fourth-order valence-corrected chi connectivity index (χ4v) is 0.635. The van der Waals surface area contributed by atoms with Crippen molar-refractivity contribution in [3.05, 3.63) is 29.6 Å². The third-order valence-corrected chi connectivity index (χ3v) is 1.21. The molecule has 0 saturated carbocycles. The Labute approximate surface area is 86.2 Å². The van der Waals surface area contributed by atoms with E-state index < -0.39 is 11.9 Å². The number of rotatable bonds is 2. The van der Waals surface area contributed by atoms with Gasteiger partial charge in [0.15, 0.2) is 0 Å². The van der Waals surface area contributed by atoms with Crippen LogP contribution in [0.4, 0.5) is 0 Å². The maximum absolute atomic E-state index is 10.2. The van der Waals surface area contributed by atoms with E-state index in [1.54, 1.807) is 0 Å². The maximum Gasteiger partial charge on any atom is 2.00 e. The fraction of sp³-hybridized carbons (Fsp3) is 0. The number of pyridine rings is 1. The van der Waals surface area contributed by atoms with Gasteiger partial charge in [0, 0.05) is 11.8 Å². The first-order chi connectivity index (χ1) is 5.61. The number of nitrogens with zero attached hydrogens (tertiary/aromatic N) is 1. The third-order valence-electron chi connectivity index (χ3n) is 1.21. The summed E-state index contributed by atoms with van der Waals surface area (Å²) in [7, 11) is 0. The van der Waals surface area contributed by atoms with Crippen molar-refractivity contribution < 1.29 is 39.3 Å². The molecule has 1 heterocycles. The minimum absolute atomic E-state index is 0. The summed E-state index contributed by atoms with van der Waals surface area (Å²) in [5, 5.41) is 20.3. The van der Waals surface area contributed by atoms with E-state index in [9.17, 15) is 19.8 Å². The molecule has 0 saturated heterocycles. The van der Waals surface area contributed by atoms with Gasteiger partial charge in [0.1, 0.15) is 0 Å². The summed E-state index contributed by atoms with van der Waals surface area (Å²) in [6.07, 6.45) is 0.903. The largest absolute Gasteiger partial charge is 2.00 e. The van der Waals surface area contributed by atoms with Gasteiger partial charge in [-0.1, -0.05) is 0 Å². The van der Waals surface area contributed by atoms with Crippen molar-refractivity contribution in [2.75, 3.05) is 0 Å². The van der Waals surface area contributed by atoms with Crippen molar-refractivity contribution in [3.8, 4) is 0 Å². The molecule has 0 spiro atoms. The Balaban J connectivity index is 0.00000144. The van der Waals surface area contributed by atoms with Crippen molar-refractivity contribution in [1.29, 1.82) is 0 Å². The molecule has 0 aromatic carbocycles. The molecule has 62 valence electrons. The molecule has 0 atom stereocenters. The standard InChI is InChI=1S/C7H5NO4.Zn/c9-6(10)4-1-2-5(7(11)12)8-3-4;/h1-3H,(H,9,10)(H,11,12);/q;+2/p-2. The number of hydrogen-bond acceptors (Lipinski definition) is 5. The van der Waals surface area contributed by atoms with Gasteiger partial charge in [-0.15, -0.1) is 0 Å². The van der Waals surface area contributed by atoms with Gasteiger partial charge in [0.25, 0.3) is 0 Å². The molecule has 0 radical (unpaired) electrons. The Morgan fingerprint density at radius 3 is 2.08 bits per heavy atom. The summed E-state index contributed by atoms with van der Waals surface area (Å²) in [5.74, 6) is -2.84. The second kappa shape index (κ2) is 4.67. The summed E-state index contributed by atoms with van der Waals surface area (Å²) >= 11 is 0. The minimum Gasteiger partial charge on any atom is -0.545 e. The summed E-state index contributed by atoms with van der Waals surface area (Å²) in [5.41, 5.74) is -0.472. The Morgan fingerprint density at radius 1 is 1.15 bits per heavy atom. The average molecular weight is 230 g/mol. The van der Waals surface area contributed by atoms with Gasteiger partial charge < -0.3 is 19.8 Å². The van der Waals surface area contributed by atoms with E-state index in [2.05, 4.69) is 4.98 Å². The Bertz CT molecular complexity index is 289. The first-order valence-electron chi connectivity index (χ1n) is 3.00. The van der Waals surface area contributed by atoms with Crippen molar-refractivity contribution in [3.63, 3.8) is 0 Å². The van der Waals surface area contributed by atoms with Crippen molar-refractivity contribution in [2.24, 2.45) is 0 Å². The number of carboxylic acid groups (broad SMARTS) is 2. The zero-order valence-electron chi connectivity index (χ0n) is 6.52. The van der Waals surface area contributed by atoms with E-state index >= 15 is 0 Å². The maximum atomic E-state index is 10.2. The van der Waals surface area contributed by atoms with Crippen LogP contribution in [0.3, 0.4) is 0 Å². The summed E-state index contributed by atoms with van der Waals surface area (Å²) in [4.78, 5) is 23.6. The average Bonchev–Trinajstić information content (AvgIpc) is 2.04.